The van der Waals surface area contributed by atoms with Gasteiger partial charge in [0.15, 0.2) is 24.9 Å². The fraction of sp³-hybridized carbons (Fsp3) is 0.354. The quantitative estimate of drug-likeness (QED) is 0.0274. The van der Waals surface area contributed by atoms with Gasteiger partial charge in [-0.05, 0) is 53.8 Å². The third-order valence-electron chi connectivity index (χ3n) is 11.8. The average molecular weight is 950 g/mol. The second-order valence-corrected chi connectivity index (χ2v) is 21.0. The molecule has 344 valence electrons. The van der Waals surface area contributed by atoms with E-state index in [2.05, 4.69) is 31.8 Å². The van der Waals surface area contributed by atoms with Gasteiger partial charge in [0.05, 0.1) is 40.1 Å². The van der Waals surface area contributed by atoms with Crippen molar-refractivity contribution in [3.8, 4) is 11.5 Å². The van der Waals surface area contributed by atoms with Gasteiger partial charge in [-0.3, -0.25) is 23.8 Å². The molecular weight excluding hydrogens is 898 g/mol. The Bertz CT molecular complexity index is 2620. The van der Waals surface area contributed by atoms with Crippen molar-refractivity contribution in [2.45, 2.75) is 42.5 Å². The monoisotopic (exact) mass is 949 g/mol. The lowest BCUT2D eigenvalue weighted by atomic mass is 9.79. The molecule has 5 heterocycles. The molecule has 0 amide bonds. The van der Waals surface area contributed by atoms with Crippen molar-refractivity contribution in [1.29, 1.82) is 0 Å². The predicted molar refractivity (Wildman–Crippen MR) is 259 cm³/mol. The smallest absolute Gasteiger partial charge is 0.280 e. The summed E-state index contributed by atoms with van der Waals surface area (Å²) in [6.07, 6.45) is 3.18. The van der Waals surface area contributed by atoms with Crippen LogP contribution in [0.4, 0.5) is 5.95 Å². The predicted octanol–water partition coefficient (Wildman–Crippen LogP) is 8.05. The maximum absolute atomic E-state index is 13.4. The summed E-state index contributed by atoms with van der Waals surface area (Å²) in [5.74, 6) is 2.86. The zero-order valence-electron chi connectivity index (χ0n) is 37.1. The van der Waals surface area contributed by atoms with Crippen LogP contribution in [0.2, 0.25) is 0 Å². The van der Waals surface area contributed by atoms with Crippen LogP contribution in [0.1, 0.15) is 46.1 Å². The molecule has 1 N–H and O–H groups in total. The lowest BCUT2D eigenvalue weighted by molar-refractivity contribution is -0.201. The molecule has 3 aliphatic heterocycles. The van der Waals surface area contributed by atoms with Crippen LogP contribution in [0.5, 0.6) is 11.5 Å². The van der Waals surface area contributed by atoms with Crippen molar-refractivity contribution in [2.24, 2.45) is 4.99 Å². The van der Waals surface area contributed by atoms with Gasteiger partial charge in [-0.1, -0.05) is 108 Å². The van der Waals surface area contributed by atoms with Crippen molar-refractivity contribution >= 4 is 59.2 Å². The van der Waals surface area contributed by atoms with Gasteiger partial charge >= 0.3 is 0 Å². The fourth-order valence-electron chi connectivity index (χ4n) is 8.56. The molecule has 3 aliphatic rings. The number of carbonyl (C=O) groups is 1. The second-order valence-electron chi connectivity index (χ2n) is 16.3. The molecule has 0 saturated carbocycles. The number of thioether (sulfide) groups is 1. The largest absolute Gasteiger partial charge is 0.497 e. The number of imidazole rings is 1. The highest BCUT2D eigenvalue weighted by atomic mass is 32.7. The van der Waals surface area contributed by atoms with E-state index in [1.807, 2.05) is 111 Å². The van der Waals surface area contributed by atoms with Gasteiger partial charge in [0.2, 0.25) is 11.1 Å². The second kappa shape index (κ2) is 20.4. The Hall–Kier alpha value is -5.10. The summed E-state index contributed by atoms with van der Waals surface area (Å²) in [4.78, 5) is 44.5. The van der Waals surface area contributed by atoms with Crippen LogP contribution in [0.3, 0.4) is 0 Å². The van der Waals surface area contributed by atoms with E-state index in [0.717, 1.165) is 42.6 Å². The molecule has 2 bridgehead atoms. The first-order chi connectivity index (χ1) is 32.2. The summed E-state index contributed by atoms with van der Waals surface area (Å²) >= 11 is 3.05. The summed E-state index contributed by atoms with van der Waals surface area (Å²) in [6.45, 7) is 1.99. The van der Waals surface area contributed by atoms with Gasteiger partial charge < -0.3 is 33.1 Å². The lowest BCUT2D eigenvalue weighted by Gasteiger charge is -2.40. The first-order valence-corrected chi connectivity index (χ1v) is 25.5. The molecule has 2 unspecified atom stereocenters. The maximum atomic E-state index is 13.4. The molecular formula is C48H52N7O8PS2. The number of rotatable bonds is 19. The molecule has 5 atom stereocenters. The van der Waals surface area contributed by atoms with Crippen molar-refractivity contribution in [2.75, 3.05) is 66.1 Å². The maximum Gasteiger partial charge on any atom is 0.280 e. The average Bonchev–Trinajstić information content (AvgIpc) is 4.17. The first kappa shape index (κ1) is 46.0. The van der Waals surface area contributed by atoms with E-state index in [-0.39, 0.29) is 29.8 Å². The molecule has 66 heavy (non-hydrogen) atoms. The topological polar surface area (TPSA) is 155 Å². The van der Waals surface area contributed by atoms with E-state index < -0.39 is 42.7 Å². The SMILES string of the molecule is COc1ccc(C(OC[C@]23CO[C@@H](C2OP(SCCSC(=O)c2ccccc2)N2CCCC2)[C@H](n2cnc4c(=O)[nH]c(/N=C/N(C)C)nc42)O3)(c2ccccc2)c2ccc(OC)cc2)cc1. The van der Waals surface area contributed by atoms with Crippen LogP contribution < -0.4 is 15.0 Å². The molecule has 0 radical (unpaired) electrons. The summed E-state index contributed by atoms with van der Waals surface area (Å²) in [7, 11) is 5.71. The van der Waals surface area contributed by atoms with Gasteiger partial charge in [-0.2, -0.15) is 4.98 Å². The minimum Gasteiger partial charge on any atom is -0.497 e. The Kier molecular flexibility index (Phi) is 14.2. The number of hydrogen-bond donors (Lipinski definition) is 1. The summed E-state index contributed by atoms with van der Waals surface area (Å²) in [5.41, 5.74) is 1.01. The van der Waals surface area contributed by atoms with Gasteiger partial charge in [0, 0.05) is 44.3 Å². The molecule has 9 rings (SSSR count). The molecule has 0 spiro atoms. The number of carbonyl (C=O) groups excluding carboxylic acids is 1. The molecule has 2 aromatic heterocycles. The normalized spacial score (nSPS) is 21.2. The Balaban J connectivity index is 1.10. The van der Waals surface area contributed by atoms with Crippen molar-refractivity contribution in [3.63, 3.8) is 0 Å². The molecule has 3 saturated heterocycles. The number of aromatic amines is 1. The Morgan fingerprint density at radius 2 is 1.56 bits per heavy atom. The fourth-order valence-corrected chi connectivity index (χ4v) is 13.9. The summed E-state index contributed by atoms with van der Waals surface area (Å²) in [5, 5.41) is 0.0448. The molecule has 6 aromatic rings. The molecule has 0 aliphatic carbocycles. The number of H-pyrrole nitrogens is 1. The Morgan fingerprint density at radius 3 is 2.20 bits per heavy atom. The minimum atomic E-state index is -1.25. The van der Waals surface area contributed by atoms with Crippen molar-refractivity contribution in [3.05, 3.63) is 148 Å². The van der Waals surface area contributed by atoms with Gasteiger partial charge in [0.1, 0.15) is 34.9 Å². The third kappa shape index (κ3) is 9.40. The number of fused-ring (bicyclic) bond motifs is 3. The van der Waals surface area contributed by atoms with E-state index in [1.165, 1.54) is 11.8 Å². The van der Waals surface area contributed by atoms with E-state index in [4.69, 9.17) is 33.2 Å². The molecule has 18 heteroatoms. The molecule has 4 aromatic carbocycles. The minimum absolute atomic E-state index is 0.0336. The van der Waals surface area contributed by atoms with E-state index in [1.54, 1.807) is 47.7 Å². The number of ether oxygens (including phenoxy) is 5. The van der Waals surface area contributed by atoms with Gasteiger partial charge in [0.25, 0.3) is 5.56 Å². The van der Waals surface area contributed by atoms with Gasteiger partial charge in [-0.15, -0.1) is 0 Å². The van der Waals surface area contributed by atoms with Crippen LogP contribution >= 0.6 is 30.6 Å². The first-order valence-electron chi connectivity index (χ1n) is 21.7. The summed E-state index contributed by atoms with van der Waals surface area (Å²) < 4.78 is 44.4. The van der Waals surface area contributed by atoms with E-state index in [9.17, 15) is 9.59 Å². The number of benzene rings is 4. The lowest BCUT2D eigenvalue weighted by Crippen LogP contribution is -2.49. The Morgan fingerprint density at radius 1 is 0.924 bits per heavy atom. The standard InChI is InChI=1S/C48H52N7O8PS2/c1-53(2)31-50-46-51-42-39(43(56)52-46)49-32-55(42)44-40-41(63-64(54-25-11-12-26-54)66-28-27-65-45(57)33-13-7-5-8-14-33)47(62-44,29-60-40)30-61-48(34-15-9-6-10-16-34,35-17-21-37(58-3)22-18-35)36-19-23-38(59-4)24-20-36/h5-10,13-24,31-32,40-41,44H,11-12,25-30H2,1-4H3,(H,51,52,56)/b50-31+/t40-,41?,44+,47+,64?/m0/s1. The highest BCUT2D eigenvalue weighted by Gasteiger charge is 2.65. The van der Waals surface area contributed by atoms with Crippen LogP contribution in [0, 0.1) is 0 Å². The number of nitrogens with one attached hydrogen (secondary N) is 1. The number of nitrogens with zero attached hydrogens (tertiary/aromatic N) is 6. The van der Waals surface area contributed by atoms with Crippen LogP contribution in [-0.4, -0.2) is 124 Å². The van der Waals surface area contributed by atoms with Crippen molar-refractivity contribution < 1.29 is 33.0 Å². The third-order valence-corrected chi connectivity index (χ3v) is 17.0. The van der Waals surface area contributed by atoms with Gasteiger partial charge in [-0.25, -0.2) is 9.98 Å². The van der Waals surface area contributed by atoms with Crippen molar-refractivity contribution in [1.82, 2.24) is 29.1 Å². The van der Waals surface area contributed by atoms with Crippen LogP contribution in [0.25, 0.3) is 11.2 Å². The zero-order valence-corrected chi connectivity index (χ0v) is 39.7. The highest BCUT2D eigenvalue weighted by molar-refractivity contribution is 8.53. The van der Waals surface area contributed by atoms with E-state index in [0.29, 0.717) is 34.2 Å². The molecule has 15 nitrogen and oxygen atoms in total. The number of aromatic nitrogens is 4. The number of methoxy groups -OCH3 is 2. The van der Waals surface area contributed by atoms with Crippen LogP contribution in [-0.2, 0) is 24.3 Å². The summed E-state index contributed by atoms with van der Waals surface area (Å²) in [6, 6.07) is 35.3. The Labute approximate surface area is 392 Å². The van der Waals surface area contributed by atoms with E-state index >= 15 is 0 Å². The number of hydrogen-bond acceptors (Lipinski definition) is 14. The zero-order chi connectivity index (χ0) is 45.7. The van der Waals surface area contributed by atoms with Crippen LogP contribution in [0.15, 0.2) is 125 Å². The number of aliphatic imine (C=N–C) groups is 1. The molecule has 3 fully saturated rings. The highest BCUT2D eigenvalue weighted by Crippen LogP contribution is 2.61.